The molecular weight excluding hydrogens is 645 g/mol. The zero-order valence-corrected chi connectivity index (χ0v) is 28.1. The van der Waals surface area contributed by atoms with Crippen molar-refractivity contribution in [2.24, 2.45) is 0 Å². The lowest BCUT2D eigenvalue weighted by Crippen LogP contribution is -2.14. The normalized spacial score (nSPS) is 12.2. The van der Waals surface area contributed by atoms with Gasteiger partial charge in [0.05, 0.1) is 11.4 Å². The van der Waals surface area contributed by atoms with Crippen molar-refractivity contribution in [2.75, 3.05) is 4.90 Å². The van der Waals surface area contributed by atoms with Gasteiger partial charge in [0, 0.05) is 42.9 Å². The van der Waals surface area contributed by atoms with Crippen LogP contribution < -0.4 is 4.90 Å². The minimum atomic E-state index is 0.606. The van der Waals surface area contributed by atoms with Crippen molar-refractivity contribution in [3.8, 4) is 45.3 Å². The molecule has 0 unspecified atom stereocenters. The highest BCUT2D eigenvalue weighted by Gasteiger charge is 2.24. The summed E-state index contributed by atoms with van der Waals surface area (Å²) in [5.41, 5.74) is 10.1. The number of hydrogen-bond acceptors (Lipinski definition) is 6. The summed E-state index contributed by atoms with van der Waals surface area (Å²) in [5, 5.41) is 2.00. The molecule has 240 valence electrons. The third-order valence-corrected chi connectivity index (χ3v) is 10.5. The zero-order valence-electron chi connectivity index (χ0n) is 27.3. The fraction of sp³-hybridized carbons (Fsp3) is 0. The quantitative estimate of drug-likeness (QED) is 0.181. The third kappa shape index (κ3) is 5.16. The maximum Gasteiger partial charge on any atom is 0.164 e. The van der Waals surface area contributed by atoms with Gasteiger partial charge in [0.1, 0.15) is 11.2 Å². The zero-order chi connectivity index (χ0) is 33.7. The van der Waals surface area contributed by atoms with E-state index in [0.29, 0.717) is 17.5 Å². The first-order valence-electron chi connectivity index (χ1n) is 16.9. The topological polar surface area (TPSA) is 55.1 Å². The van der Waals surface area contributed by atoms with Gasteiger partial charge >= 0.3 is 0 Å². The summed E-state index contributed by atoms with van der Waals surface area (Å²) in [6.07, 6.45) is 0. The Balaban J connectivity index is 1.05. The van der Waals surface area contributed by atoms with E-state index in [1.54, 1.807) is 0 Å². The summed E-state index contributed by atoms with van der Waals surface area (Å²) in [6, 6.07) is 58.6. The number of aromatic nitrogens is 3. The largest absolute Gasteiger partial charge is 0.456 e. The molecule has 10 rings (SSSR count). The van der Waals surface area contributed by atoms with E-state index in [0.717, 1.165) is 55.4 Å². The van der Waals surface area contributed by atoms with Crippen LogP contribution in [-0.2, 0) is 0 Å². The molecule has 0 bridgehead atoms. The Hall–Kier alpha value is -6.50. The third-order valence-electron chi connectivity index (χ3n) is 9.33. The smallest absolute Gasteiger partial charge is 0.164 e. The summed E-state index contributed by atoms with van der Waals surface area (Å²) in [6.45, 7) is 0. The second kappa shape index (κ2) is 12.1. The summed E-state index contributed by atoms with van der Waals surface area (Å²) in [7, 11) is 0. The summed E-state index contributed by atoms with van der Waals surface area (Å²) in [5.74, 6) is 1.87. The van der Waals surface area contributed by atoms with Crippen LogP contribution in [0, 0.1) is 0 Å². The lowest BCUT2D eigenvalue weighted by molar-refractivity contribution is 0.669. The molecule has 51 heavy (non-hydrogen) atoms. The highest BCUT2D eigenvalue weighted by atomic mass is 32.2. The molecule has 0 amide bonds. The molecule has 1 aliphatic heterocycles. The van der Waals surface area contributed by atoms with E-state index < -0.39 is 0 Å². The molecule has 9 aromatic rings. The second-order valence-corrected chi connectivity index (χ2v) is 13.5. The van der Waals surface area contributed by atoms with Crippen molar-refractivity contribution < 1.29 is 4.42 Å². The van der Waals surface area contributed by atoms with Crippen molar-refractivity contribution >= 4 is 50.8 Å². The standard InChI is InChI=1S/C45H28N4OS/c1-3-12-30(13-4-1)43-46-44(31-14-5-2-6-15-31)48-45(47-43)35-16-11-19-38-42(35)34-27-24-32(28-39(34)50-38)29-22-25-33(26-23-29)49-36-17-7-9-20-40(36)51-41-21-10-8-18-37(41)49/h1-28H. The van der Waals surface area contributed by atoms with Crippen molar-refractivity contribution in [3.63, 3.8) is 0 Å². The van der Waals surface area contributed by atoms with Gasteiger partial charge in [-0.15, -0.1) is 0 Å². The minimum Gasteiger partial charge on any atom is -0.456 e. The molecule has 0 spiro atoms. The highest BCUT2D eigenvalue weighted by molar-refractivity contribution is 7.99. The predicted octanol–water partition coefficient (Wildman–Crippen LogP) is 12.4. The Morgan fingerprint density at radius 3 is 1.65 bits per heavy atom. The summed E-state index contributed by atoms with van der Waals surface area (Å²) in [4.78, 5) is 19.7. The van der Waals surface area contributed by atoms with E-state index in [9.17, 15) is 0 Å². The maximum atomic E-state index is 6.52. The lowest BCUT2D eigenvalue weighted by atomic mass is 10.0. The number of fused-ring (bicyclic) bond motifs is 5. The molecule has 2 aromatic heterocycles. The van der Waals surface area contributed by atoms with Crippen LogP contribution in [0.5, 0.6) is 0 Å². The van der Waals surface area contributed by atoms with Crippen LogP contribution in [0.25, 0.3) is 67.2 Å². The Bertz CT molecular complexity index is 2620. The number of rotatable bonds is 5. The average Bonchev–Trinajstić information content (AvgIpc) is 3.59. The van der Waals surface area contributed by atoms with Crippen molar-refractivity contribution in [1.82, 2.24) is 15.0 Å². The fourth-order valence-electron chi connectivity index (χ4n) is 6.91. The predicted molar refractivity (Wildman–Crippen MR) is 208 cm³/mol. The molecule has 6 heteroatoms. The van der Waals surface area contributed by atoms with Crippen LogP contribution in [0.2, 0.25) is 0 Å². The van der Waals surface area contributed by atoms with E-state index in [1.165, 1.54) is 21.2 Å². The SMILES string of the molecule is c1ccc(-c2nc(-c3ccccc3)nc(-c3cccc4oc5cc(-c6ccc(N7c8ccccc8Sc8ccccc87)cc6)ccc5c34)n2)cc1. The molecule has 0 fully saturated rings. The van der Waals surface area contributed by atoms with Gasteiger partial charge in [0.2, 0.25) is 0 Å². The number of anilines is 3. The lowest BCUT2D eigenvalue weighted by Gasteiger charge is -2.32. The summed E-state index contributed by atoms with van der Waals surface area (Å²) >= 11 is 1.82. The van der Waals surface area contributed by atoms with Crippen LogP contribution in [0.15, 0.2) is 184 Å². The van der Waals surface area contributed by atoms with Crippen molar-refractivity contribution in [3.05, 3.63) is 170 Å². The Labute approximate surface area is 298 Å². The molecule has 7 aromatic carbocycles. The van der Waals surface area contributed by atoms with E-state index in [4.69, 9.17) is 19.4 Å². The van der Waals surface area contributed by atoms with Crippen molar-refractivity contribution in [2.45, 2.75) is 9.79 Å². The van der Waals surface area contributed by atoms with E-state index >= 15 is 0 Å². The van der Waals surface area contributed by atoms with Crippen LogP contribution in [0.4, 0.5) is 17.1 Å². The molecule has 3 heterocycles. The number of para-hydroxylation sites is 2. The molecule has 0 saturated heterocycles. The number of furan rings is 1. The maximum absolute atomic E-state index is 6.52. The van der Waals surface area contributed by atoms with Gasteiger partial charge in [-0.25, -0.2) is 15.0 Å². The van der Waals surface area contributed by atoms with Gasteiger partial charge in [0.15, 0.2) is 17.5 Å². The Kier molecular flexibility index (Phi) is 6.99. The highest BCUT2D eigenvalue weighted by Crippen LogP contribution is 2.51. The molecule has 0 saturated carbocycles. The first-order chi connectivity index (χ1) is 25.3. The van der Waals surface area contributed by atoms with Crippen LogP contribution in [0.3, 0.4) is 0 Å². The molecule has 0 aliphatic carbocycles. The molecule has 5 nitrogen and oxygen atoms in total. The van der Waals surface area contributed by atoms with Crippen LogP contribution in [-0.4, -0.2) is 15.0 Å². The number of nitrogens with zero attached hydrogens (tertiary/aromatic N) is 4. The van der Waals surface area contributed by atoms with Gasteiger partial charge < -0.3 is 9.32 Å². The molecular formula is C45H28N4OS. The summed E-state index contributed by atoms with van der Waals surface area (Å²) < 4.78 is 6.52. The Morgan fingerprint density at radius 1 is 0.431 bits per heavy atom. The number of hydrogen-bond donors (Lipinski definition) is 0. The minimum absolute atomic E-state index is 0.606. The van der Waals surface area contributed by atoms with Gasteiger partial charge in [-0.05, 0) is 65.7 Å². The van der Waals surface area contributed by atoms with Gasteiger partial charge in [-0.1, -0.05) is 127 Å². The van der Waals surface area contributed by atoms with E-state index in [-0.39, 0.29) is 0 Å². The van der Waals surface area contributed by atoms with E-state index in [2.05, 4.69) is 102 Å². The van der Waals surface area contributed by atoms with Crippen LogP contribution in [0.1, 0.15) is 0 Å². The molecule has 0 N–H and O–H groups in total. The van der Waals surface area contributed by atoms with Gasteiger partial charge in [0.25, 0.3) is 0 Å². The van der Waals surface area contributed by atoms with Crippen LogP contribution >= 0.6 is 11.8 Å². The fourth-order valence-corrected chi connectivity index (χ4v) is 7.96. The molecule has 1 aliphatic rings. The van der Waals surface area contributed by atoms with Gasteiger partial charge in [-0.3, -0.25) is 0 Å². The molecule has 0 radical (unpaired) electrons. The average molecular weight is 673 g/mol. The van der Waals surface area contributed by atoms with Gasteiger partial charge in [-0.2, -0.15) is 0 Å². The van der Waals surface area contributed by atoms with Crippen molar-refractivity contribution in [1.29, 1.82) is 0 Å². The number of benzene rings is 7. The first kappa shape index (κ1) is 29.4. The Morgan fingerprint density at radius 2 is 1.00 bits per heavy atom. The second-order valence-electron chi connectivity index (χ2n) is 12.4. The first-order valence-corrected chi connectivity index (χ1v) is 17.7. The monoisotopic (exact) mass is 672 g/mol. The van der Waals surface area contributed by atoms with E-state index in [1.807, 2.05) is 84.6 Å². The molecule has 0 atom stereocenters.